The number of amides is 1. The summed E-state index contributed by atoms with van der Waals surface area (Å²) in [6.07, 6.45) is 0. The van der Waals surface area contributed by atoms with Crippen molar-refractivity contribution >= 4 is 5.91 Å². The summed E-state index contributed by atoms with van der Waals surface area (Å²) in [6, 6.07) is 0.238. The van der Waals surface area contributed by atoms with Gasteiger partial charge in [0.2, 0.25) is 5.91 Å². The van der Waals surface area contributed by atoms with E-state index in [-0.39, 0.29) is 6.04 Å². The van der Waals surface area contributed by atoms with E-state index in [0.29, 0.717) is 17.9 Å². The van der Waals surface area contributed by atoms with Gasteiger partial charge in [-0.2, -0.15) is 0 Å². The van der Waals surface area contributed by atoms with Crippen LogP contribution in [0, 0.1) is 0 Å². The first kappa shape index (κ1) is 9.85. The minimum absolute atomic E-state index is 0.238. The minimum atomic E-state index is -0.437. The van der Waals surface area contributed by atoms with Crippen molar-refractivity contribution in [2.75, 3.05) is 13.6 Å². The zero-order valence-electron chi connectivity index (χ0n) is 8.24. The standard InChI is InChI=1S/C8H16N4O/c1-5(2)12-7(9)6(8(10)13)4-11(12)3/h5H,4,9H2,1-3H3,(H2,10,13). The van der Waals surface area contributed by atoms with Crippen LogP contribution in [0.25, 0.3) is 0 Å². The number of carbonyl (C=O) groups excluding carboxylic acids is 1. The normalized spacial score (nSPS) is 18.9. The molecule has 0 radical (unpaired) electrons. The molecule has 0 atom stereocenters. The Morgan fingerprint density at radius 2 is 2.08 bits per heavy atom. The lowest BCUT2D eigenvalue weighted by Gasteiger charge is -2.31. The molecule has 1 aliphatic heterocycles. The van der Waals surface area contributed by atoms with Crippen LogP contribution in [0.1, 0.15) is 13.8 Å². The van der Waals surface area contributed by atoms with Crippen molar-refractivity contribution in [3.05, 3.63) is 11.4 Å². The second-order valence-corrected chi connectivity index (χ2v) is 3.48. The number of nitrogens with zero attached hydrogens (tertiary/aromatic N) is 2. The molecule has 4 N–H and O–H groups in total. The van der Waals surface area contributed by atoms with Crippen molar-refractivity contribution in [1.82, 2.24) is 10.0 Å². The highest BCUT2D eigenvalue weighted by atomic mass is 16.1. The Bertz CT molecular complexity index is 259. The van der Waals surface area contributed by atoms with Crippen LogP contribution in [0.5, 0.6) is 0 Å². The van der Waals surface area contributed by atoms with E-state index in [0.717, 1.165) is 0 Å². The maximum absolute atomic E-state index is 11.0. The molecule has 1 amide bonds. The van der Waals surface area contributed by atoms with Gasteiger partial charge in [-0.15, -0.1) is 0 Å². The number of primary amides is 1. The molecule has 0 aromatic carbocycles. The van der Waals surface area contributed by atoms with Gasteiger partial charge in [0, 0.05) is 13.1 Å². The number of carbonyl (C=O) groups is 1. The second kappa shape index (κ2) is 3.26. The highest BCUT2D eigenvalue weighted by Crippen LogP contribution is 2.19. The van der Waals surface area contributed by atoms with Crippen molar-refractivity contribution < 1.29 is 4.79 Å². The Kier molecular flexibility index (Phi) is 2.47. The summed E-state index contributed by atoms with van der Waals surface area (Å²) in [4.78, 5) is 11.0. The number of hydrogen-bond donors (Lipinski definition) is 2. The predicted octanol–water partition coefficient (Wildman–Crippen LogP) is -0.787. The van der Waals surface area contributed by atoms with E-state index >= 15 is 0 Å². The molecule has 13 heavy (non-hydrogen) atoms. The summed E-state index contributed by atoms with van der Waals surface area (Å²) in [5.41, 5.74) is 11.5. The van der Waals surface area contributed by atoms with Crippen LogP contribution < -0.4 is 11.5 Å². The van der Waals surface area contributed by atoms with Crippen LogP contribution in [-0.4, -0.2) is 35.6 Å². The Balaban J connectivity index is 2.95. The molecule has 0 spiro atoms. The fraction of sp³-hybridized carbons (Fsp3) is 0.625. The average Bonchev–Trinajstić information content (AvgIpc) is 2.26. The maximum atomic E-state index is 11.0. The van der Waals surface area contributed by atoms with E-state index in [1.165, 1.54) is 0 Å². The quantitative estimate of drug-likeness (QED) is 0.590. The van der Waals surface area contributed by atoms with Gasteiger partial charge in [0.25, 0.3) is 0 Å². The van der Waals surface area contributed by atoms with Gasteiger partial charge in [0.1, 0.15) is 5.82 Å². The van der Waals surface area contributed by atoms with Gasteiger partial charge < -0.3 is 11.5 Å². The zero-order valence-corrected chi connectivity index (χ0v) is 8.24. The van der Waals surface area contributed by atoms with Crippen LogP contribution in [0.3, 0.4) is 0 Å². The summed E-state index contributed by atoms with van der Waals surface area (Å²) in [5.74, 6) is 0.0394. The van der Waals surface area contributed by atoms with Crippen molar-refractivity contribution in [3.8, 4) is 0 Å². The average molecular weight is 184 g/mol. The minimum Gasteiger partial charge on any atom is -0.384 e. The molecule has 0 unspecified atom stereocenters. The fourth-order valence-electron chi connectivity index (χ4n) is 1.58. The first-order valence-corrected chi connectivity index (χ1v) is 4.23. The summed E-state index contributed by atoms with van der Waals surface area (Å²) in [6.45, 7) is 4.51. The van der Waals surface area contributed by atoms with Crippen LogP contribution in [0.4, 0.5) is 0 Å². The van der Waals surface area contributed by atoms with Gasteiger partial charge in [-0.25, -0.2) is 5.01 Å². The van der Waals surface area contributed by atoms with Gasteiger partial charge in [-0.05, 0) is 13.8 Å². The summed E-state index contributed by atoms with van der Waals surface area (Å²) in [5, 5.41) is 3.75. The van der Waals surface area contributed by atoms with Crippen LogP contribution in [0.2, 0.25) is 0 Å². The van der Waals surface area contributed by atoms with E-state index in [2.05, 4.69) is 0 Å². The number of likely N-dealkylation sites (N-methyl/N-ethyl adjacent to an activating group) is 1. The van der Waals surface area contributed by atoms with E-state index in [9.17, 15) is 4.79 Å². The van der Waals surface area contributed by atoms with E-state index in [4.69, 9.17) is 11.5 Å². The molecule has 1 rings (SSSR count). The third-order valence-electron chi connectivity index (χ3n) is 2.10. The Morgan fingerprint density at radius 3 is 2.31 bits per heavy atom. The van der Waals surface area contributed by atoms with Gasteiger partial charge >= 0.3 is 0 Å². The van der Waals surface area contributed by atoms with E-state index < -0.39 is 5.91 Å². The first-order valence-electron chi connectivity index (χ1n) is 4.23. The molecule has 5 heteroatoms. The molecule has 0 saturated carbocycles. The Hall–Kier alpha value is -1.23. The molecule has 1 aliphatic rings. The Labute approximate surface area is 77.9 Å². The molecule has 0 aromatic heterocycles. The van der Waals surface area contributed by atoms with E-state index in [1.54, 1.807) is 0 Å². The molecule has 1 heterocycles. The lowest BCUT2D eigenvalue weighted by Crippen LogP contribution is -2.41. The Morgan fingerprint density at radius 1 is 1.54 bits per heavy atom. The number of nitrogens with two attached hydrogens (primary N) is 2. The molecule has 0 fully saturated rings. The van der Waals surface area contributed by atoms with Crippen LogP contribution >= 0.6 is 0 Å². The molecule has 0 saturated heterocycles. The summed E-state index contributed by atoms with van der Waals surface area (Å²) < 4.78 is 0. The third kappa shape index (κ3) is 1.60. The summed E-state index contributed by atoms with van der Waals surface area (Å²) >= 11 is 0. The van der Waals surface area contributed by atoms with Gasteiger partial charge in [0.05, 0.1) is 12.1 Å². The molecule has 0 bridgehead atoms. The van der Waals surface area contributed by atoms with Gasteiger partial charge in [-0.3, -0.25) is 9.80 Å². The summed E-state index contributed by atoms with van der Waals surface area (Å²) in [7, 11) is 1.88. The number of rotatable bonds is 2. The second-order valence-electron chi connectivity index (χ2n) is 3.48. The largest absolute Gasteiger partial charge is 0.384 e. The molecular formula is C8H16N4O. The smallest absolute Gasteiger partial charge is 0.249 e. The van der Waals surface area contributed by atoms with Gasteiger partial charge in [0.15, 0.2) is 0 Å². The van der Waals surface area contributed by atoms with E-state index in [1.807, 2.05) is 30.9 Å². The van der Waals surface area contributed by atoms with Crippen molar-refractivity contribution in [3.63, 3.8) is 0 Å². The highest BCUT2D eigenvalue weighted by Gasteiger charge is 2.29. The van der Waals surface area contributed by atoms with Gasteiger partial charge in [-0.1, -0.05) is 0 Å². The van der Waals surface area contributed by atoms with Crippen molar-refractivity contribution in [2.45, 2.75) is 19.9 Å². The molecule has 74 valence electrons. The third-order valence-corrected chi connectivity index (χ3v) is 2.10. The zero-order chi connectivity index (χ0) is 10.2. The first-order chi connectivity index (χ1) is 5.95. The number of hydrazine groups is 1. The fourth-order valence-corrected chi connectivity index (χ4v) is 1.58. The highest BCUT2D eigenvalue weighted by molar-refractivity contribution is 5.93. The number of hydrogen-bond acceptors (Lipinski definition) is 4. The monoisotopic (exact) mass is 184 g/mol. The lowest BCUT2D eigenvalue weighted by molar-refractivity contribution is -0.114. The van der Waals surface area contributed by atoms with Crippen LogP contribution in [0.15, 0.2) is 11.4 Å². The lowest BCUT2D eigenvalue weighted by atomic mass is 10.2. The van der Waals surface area contributed by atoms with Crippen molar-refractivity contribution in [2.24, 2.45) is 11.5 Å². The molecular weight excluding hydrogens is 168 g/mol. The topological polar surface area (TPSA) is 75.6 Å². The predicted molar refractivity (Wildman–Crippen MR) is 50.0 cm³/mol. The van der Waals surface area contributed by atoms with Crippen LogP contribution in [-0.2, 0) is 4.79 Å². The SMILES string of the molecule is CC(C)N1C(N)=C(C(N)=O)CN1C. The van der Waals surface area contributed by atoms with Crippen molar-refractivity contribution in [1.29, 1.82) is 0 Å². The molecule has 0 aromatic rings. The molecule has 0 aliphatic carbocycles. The molecule has 5 nitrogen and oxygen atoms in total. The maximum Gasteiger partial charge on any atom is 0.249 e.